The van der Waals surface area contributed by atoms with Crippen molar-refractivity contribution in [3.8, 4) is 17.2 Å². The molecule has 1 aliphatic rings. The molecule has 0 bridgehead atoms. The van der Waals surface area contributed by atoms with Crippen LogP contribution in [0.4, 0.5) is 0 Å². The molecule has 3 rings (SSSR count). The first-order valence-corrected chi connectivity index (χ1v) is 11.0. The lowest BCUT2D eigenvalue weighted by Crippen LogP contribution is -2.40. The van der Waals surface area contributed by atoms with Gasteiger partial charge in [-0.25, -0.2) is 13.2 Å². The third-order valence-electron chi connectivity index (χ3n) is 4.80. The average Bonchev–Trinajstić information content (AvgIpc) is 2.82. The van der Waals surface area contributed by atoms with Crippen LogP contribution in [0.2, 0.25) is 0 Å². The Morgan fingerprint density at radius 1 is 0.968 bits per heavy atom. The maximum Gasteiger partial charge on any atom is 0.342 e. The van der Waals surface area contributed by atoms with E-state index in [0.29, 0.717) is 43.4 Å². The van der Waals surface area contributed by atoms with Gasteiger partial charge in [0.2, 0.25) is 10.0 Å². The summed E-state index contributed by atoms with van der Waals surface area (Å²) in [5, 5.41) is 0. The first-order valence-electron chi connectivity index (χ1n) is 9.54. The van der Waals surface area contributed by atoms with E-state index in [1.54, 1.807) is 12.1 Å². The Morgan fingerprint density at radius 2 is 1.61 bits per heavy atom. The maximum absolute atomic E-state index is 12.8. The van der Waals surface area contributed by atoms with Crippen molar-refractivity contribution in [2.24, 2.45) is 0 Å². The van der Waals surface area contributed by atoms with Crippen molar-refractivity contribution in [1.82, 2.24) is 4.31 Å². The minimum absolute atomic E-state index is 0.108. The van der Waals surface area contributed by atoms with Gasteiger partial charge >= 0.3 is 5.97 Å². The number of ether oxygens (including phenoxy) is 5. The molecular weight excluding hydrogens is 426 g/mol. The van der Waals surface area contributed by atoms with Crippen molar-refractivity contribution < 1.29 is 36.9 Å². The van der Waals surface area contributed by atoms with E-state index in [2.05, 4.69) is 0 Å². The van der Waals surface area contributed by atoms with E-state index < -0.39 is 16.0 Å². The SMILES string of the molecule is COc1cc(OC)c(C(=O)OCc2cccc(S(=O)(=O)N3CCOCC3)c2)cc1OC. The fraction of sp³-hybridized carbons (Fsp3) is 0.381. The predicted molar refractivity (Wildman–Crippen MR) is 111 cm³/mol. The highest BCUT2D eigenvalue weighted by molar-refractivity contribution is 7.89. The molecule has 1 heterocycles. The van der Waals surface area contributed by atoms with Crippen LogP contribution in [0.3, 0.4) is 0 Å². The quantitative estimate of drug-likeness (QED) is 0.563. The van der Waals surface area contributed by atoms with Gasteiger partial charge in [-0.3, -0.25) is 0 Å². The zero-order chi connectivity index (χ0) is 22.4. The van der Waals surface area contributed by atoms with E-state index in [1.165, 1.54) is 49.9 Å². The predicted octanol–water partition coefficient (Wildman–Crippen LogP) is 2.09. The van der Waals surface area contributed by atoms with Crippen molar-refractivity contribution in [3.63, 3.8) is 0 Å². The lowest BCUT2D eigenvalue weighted by Gasteiger charge is -2.26. The molecular formula is C21H25NO8S. The van der Waals surface area contributed by atoms with E-state index in [-0.39, 0.29) is 22.8 Å². The Hall–Kier alpha value is -2.82. The third kappa shape index (κ3) is 5.09. The number of benzene rings is 2. The highest BCUT2D eigenvalue weighted by Crippen LogP contribution is 2.35. The molecule has 0 radical (unpaired) electrons. The Kier molecular flexibility index (Phi) is 7.37. The molecule has 1 aliphatic heterocycles. The molecule has 1 saturated heterocycles. The maximum atomic E-state index is 12.8. The molecule has 1 fully saturated rings. The van der Waals surface area contributed by atoms with Crippen molar-refractivity contribution in [1.29, 1.82) is 0 Å². The summed E-state index contributed by atoms with van der Waals surface area (Å²) in [6.45, 7) is 1.23. The Morgan fingerprint density at radius 3 is 2.26 bits per heavy atom. The number of nitrogens with zero attached hydrogens (tertiary/aromatic N) is 1. The van der Waals surface area contributed by atoms with Crippen molar-refractivity contribution in [2.45, 2.75) is 11.5 Å². The van der Waals surface area contributed by atoms with Crippen LogP contribution in [0.1, 0.15) is 15.9 Å². The Bertz CT molecular complexity index is 1030. The second-order valence-corrected chi connectivity index (χ2v) is 8.59. The van der Waals surface area contributed by atoms with Gasteiger partial charge in [0.15, 0.2) is 11.5 Å². The number of carbonyl (C=O) groups is 1. The molecule has 31 heavy (non-hydrogen) atoms. The first-order chi connectivity index (χ1) is 14.9. The van der Waals surface area contributed by atoms with Crippen LogP contribution in [-0.4, -0.2) is 66.3 Å². The molecule has 0 unspecified atom stereocenters. The van der Waals surface area contributed by atoms with Gasteiger partial charge in [-0.2, -0.15) is 4.31 Å². The van der Waals surface area contributed by atoms with Crippen LogP contribution in [0.15, 0.2) is 41.3 Å². The number of carbonyl (C=O) groups excluding carboxylic acids is 1. The van der Waals surface area contributed by atoms with Gasteiger partial charge in [0.25, 0.3) is 0 Å². The summed E-state index contributed by atoms with van der Waals surface area (Å²) in [5.74, 6) is 0.399. The minimum atomic E-state index is -3.64. The standard InChI is InChI=1S/C21H25NO8S/c1-26-18-13-20(28-3)19(27-2)12-17(18)21(23)30-14-15-5-4-6-16(11-15)31(24,25)22-7-9-29-10-8-22/h4-6,11-13H,7-10,14H2,1-3H3. The van der Waals surface area contributed by atoms with Gasteiger partial charge in [-0.05, 0) is 17.7 Å². The molecule has 0 amide bonds. The van der Waals surface area contributed by atoms with Gasteiger partial charge in [-0.1, -0.05) is 12.1 Å². The van der Waals surface area contributed by atoms with E-state index in [0.717, 1.165) is 0 Å². The number of methoxy groups -OCH3 is 3. The molecule has 168 valence electrons. The number of sulfonamides is 1. The largest absolute Gasteiger partial charge is 0.496 e. The molecule has 0 aromatic heterocycles. The molecule has 9 nitrogen and oxygen atoms in total. The fourth-order valence-electron chi connectivity index (χ4n) is 3.15. The number of rotatable bonds is 8. The van der Waals surface area contributed by atoms with Crippen molar-refractivity contribution >= 4 is 16.0 Å². The van der Waals surface area contributed by atoms with Gasteiger partial charge < -0.3 is 23.7 Å². The van der Waals surface area contributed by atoms with Crippen LogP contribution in [-0.2, 0) is 26.1 Å². The summed E-state index contributed by atoms with van der Waals surface area (Å²) < 4.78 is 53.4. The summed E-state index contributed by atoms with van der Waals surface area (Å²) in [6, 6.07) is 9.34. The lowest BCUT2D eigenvalue weighted by atomic mass is 10.1. The van der Waals surface area contributed by atoms with E-state index in [9.17, 15) is 13.2 Å². The highest BCUT2D eigenvalue weighted by atomic mass is 32.2. The molecule has 0 atom stereocenters. The molecule has 0 N–H and O–H groups in total. The summed E-state index contributed by atoms with van der Waals surface area (Å²) in [7, 11) is 0.726. The summed E-state index contributed by atoms with van der Waals surface area (Å²) in [6.07, 6.45) is 0. The van der Waals surface area contributed by atoms with Crippen LogP contribution in [0, 0.1) is 0 Å². The summed E-state index contributed by atoms with van der Waals surface area (Å²) in [5.41, 5.74) is 0.708. The number of hydrogen-bond donors (Lipinski definition) is 0. The van der Waals surface area contributed by atoms with E-state index >= 15 is 0 Å². The summed E-state index contributed by atoms with van der Waals surface area (Å²) in [4.78, 5) is 12.8. The van der Waals surface area contributed by atoms with Crippen LogP contribution in [0.5, 0.6) is 17.2 Å². The van der Waals surface area contributed by atoms with E-state index in [4.69, 9.17) is 23.7 Å². The second kappa shape index (κ2) is 9.99. The minimum Gasteiger partial charge on any atom is -0.496 e. The zero-order valence-electron chi connectivity index (χ0n) is 17.6. The van der Waals surface area contributed by atoms with Crippen LogP contribution in [0.25, 0.3) is 0 Å². The van der Waals surface area contributed by atoms with Crippen LogP contribution < -0.4 is 14.2 Å². The van der Waals surface area contributed by atoms with Crippen molar-refractivity contribution in [2.75, 3.05) is 47.6 Å². The highest BCUT2D eigenvalue weighted by Gasteiger charge is 2.26. The zero-order valence-corrected chi connectivity index (χ0v) is 18.4. The van der Waals surface area contributed by atoms with Gasteiger partial charge in [-0.15, -0.1) is 0 Å². The molecule has 0 spiro atoms. The normalized spacial score (nSPS) is 14.7. The van der Waals surface area contributed by atoms with Crippen molar-refractivity contribution in [3.05, 3.63) is 47.5 Å². The molecule has 2 aromatic carbocycles. The molecule has 2 aromatic rings. The van der Waals surface area contributed by atoms with E-state index in [1.807, 2.05) is 0 Å². The topological polar surface area (TPSA) is 101 Å². The Labute approximate surface area is 181 Å². The number of esters is 1. The molecule has 0 aliphatic carbocycles. The van der Waals surface area contributed by atoms with Gasteiger partial charge in [0, 0.05) is 25.2 Å². The van der Waals surface area contributed by atoms with Crippen LogP contribution >= 0.6 is 0 Å². The Balaban J connectivity index is 1.76. The average molecular weight is 451 g/mol. The summed E-state index contributed by atoms with van der Waals surface area (Å²) >= 11 is 0. The number of hydrogen-bond acceptors (Lipinski definition) is 8. The molecule has 10 heteroatoms. The fourth-order valence-corrected chi connectivity index (χ4v) is 4.63. The monoisotopic (exact) mass is 451 g/mol. The second-order valence-electron chi connectivity index (χ2n) is 6.65. The third-order valence-corrected chi connectivity index (χ3v) is 6.70. The smallest absolute Gasteiger partial charge is 0.342 e. The lowest BCUT2D eigenvalue weighted by molar-refractivity contribution is 0.0468. The van der Waals surface area contributed by atoms with Gasteiger partial charge in [0.1, 0.15) is 17.9 Å². The first kappa shape index (κ1) is 22.9. The van der Waals surface area contributed by atoms with Gasteiger partial charge in [0.05, 0.1) is 39.4 Å². The number of morpholine rings is 1. The molecule has 0 saturated carbocycles.